The fourth-order valence-electron chi connectivity index (χ4n) is 3.89. The lowest BCUT2D eigenvalue weighted by Gasteiger charge is -2.33. The van der Waals surface area contributed by atoms with E-state index >= 15 is 0 Å². The van der Waals surface area contributed by atoms with Crippen LogP contribution in [0.15, 0.2) is 0 Å². The molecule has 1 saturated heterocycles. The van der Waals surface area contributed by atoms with Gasteiger partial charge >= 0.3 is 0 Å². The highest BCUT2D eigenvalue weighted by molar-refractivity contribution is 5.84. The van der Waals surface area contributed by atoms with E-state index in [0.29, 0.717) is 17.9 Å². The number of rotatable bonds is 4. The van der Waals surface area contributed by atoms with E-state index in [1.807, 2.05) is 0 Å². The first-order valence-corrected chi connectivity index (χ1v) is 8.20. The van der Waals surface area contributed by atoms with Crippen molar-refractivity contribution in [1.29, 1.82) is 0 Å². The van der Waals surface area contributed by atoms with Gasteiger partial charge in [-0.1, -0.05) is 27.7 Å². The molecule has 1 amide bonds. The summed E-state index contributed by atoms with van der Waals surface area (Å²) in [6, 6.07) is 0.302. The smallest absolute Gasteiger partial charge is 0.227 e. The van der Waals surface area contributed by atoms with Crippen LogP contribution in [0.5, 0.6) is 0 Å². The summed E-state index contributed by atoms with van der Waals surface area (Å²) in [5.41, 5.74) is 0.282. The van der Waals surface area contributed by atoms with Crippen molar-refractivity contribution in [3.63, 3.8) is 0 Å². The molecule has 116 valence electrons. The zero-order chi connectivity index (χ0) is 15.1. The van der Waals surface area contributed by atoms with Crippen molar-refractivity contribution in [3.05, 3.63) is 0 Å². The van der Waals surface area contributed by atoms with Crippen molar-refractivity contribution in [2.45, 2.75) is 60.4 Å². The van der Waals surface area contributed by atoms with Crippen LogP contribution >= 0.6 is 0 Å². The van der Waals surface area contributed by atoms with Crippen LogP contribution in [0.2, 0.25) is 0 Å². The van der Waals surface area contributed by atoms with Gasteiger partial charge in [0.1, 0.15) is 0 Å². The molecule has 0 bridgehead atoms. The number of hydrogen-bond donors (Lipinski definition) is 1. The molecule has 1 aliphatic heterocycles. The number of nitrogens with zero attached hydrogens (tertiary/aromatic N) is 1. The molecule has 1 saturated carbocycles. The van der Waals surface area contributed by atoms with Gasteiger partial charge in [0.05, 0.1) is 0 Å². The maximum Gasteiger partial charge on any atom is 0.227 e. The molecule has 0 aromatic rings. The number of piperidine rings is 1. The Bertz CT molecular complexity index is 353. The molecule has 2 fully saturated rings. The van der Waals surface area contributed by atoms with Crippen molar-refractivity contribution in [2.24, 2.45) is 22.7 Å². The fraction of sp³-hybridized carbons (Fsp3) is 0.941. The number of amides is 1. The Hall–Kier alpha value is -0.570. The summed E-state index contributed by atoms with van der Waals surface area (Å²) in [5, 5.41) is 3.46. The Morgan fingerprint density at radius 3 is 2.25 bits per heavy atom. The van der Waals surface area contributed by atoms with Crippen molar-refractivity contribution in [1.82, 2.24) is 10.2 Å². The second kappa shape index (κ2) is 5.32. The zero-order valence-corrected chi connectivity index (χ0v) is 14.1. The topological polar surface area (TPSA) is 32.3 Å². The van der Waals surface area contributed by atoms with Crippen molar-refractivity contribution < 1.29 is 4.79 Å². The second-order valence-electron chi connectivity index (χ2n) is 8.17. The molecule has 0 aromatic carbocycles. The fourth-order valence-corrected chi connectivity index (χ4v) is 3.89. The van der Waals surface area contributed by atoms with E-state index in [-0.39, 0.29) is 16.7 Å². The monoisotopic (exact) mass is 280 g/mol. The van der Waals surface area contributed by atoms with E-state index in [4.69, 9.17) is 0 Å². The third-order valence-electron chi connectivity index (χ3n) is 6.03. The van der Waals surface area contributed by atoms with Gasteiger partial charge in [-0.3, -0.25) is 4.79 Å². The van der Waals surface area contributed by atoms with Crippen LogP contribution in [0.3, 0.4) is 0 Å². The molecule has 3 heteroatoms. The first-order valence-electron chi connectivity index (χ1n) is 8.20. The van der Waals surface area contributed by atoms with Crippen LogP contribution in [0.1, 0.15) is 54.4 Å². The Kier molecular flexibility index (Phi) is 4.21. The Morgan fingerprint density at radius 2 is 1.85 bits per heavy atom. The maximum absolute atomic E-state index is 13.0. The first kappa shape index (κ1) is 15.8. The summed E-state index contributed by atoms with van der Waals surface area (Å²) in [6.07, 6.45) is 2.49. The average Bonchev–Trinajstić information content (AvgIpc) is 2.77. The van der Waals surface area contributed by atoms with E-state index < -0.39 is 0 Å². The molecule has 3 nitrogen and oxygen atoms in total. The van der Waals surface area contributed by atoms with Crippen molar-refractivity contribution in [2.75, 3.05) is 19.6 Å². The summed E-state index contributed by atoms with van der Waals surface area (Å²) in [6.45, 7) is 16.3. The summed E-state index contributed by atoms with van der Waals surface area (Å²) in [5.74, 6) is 1.19. The Labute approximate surface area is 124 Å². The maximum atomic E-state index is 13.0. The average molecular weight is 280 g/mol. The number of nitrogens with one attached hydrogen (secondary N) is 1. The molecule has 2 rings (SSSR count). The molecule has 2 aliphatic rings. The molecule has 1 heterocycles. The van der Waals surface area contributed by atoms with Crippen LogP contribution < -0.4 is 5.32 Å². The highest BCUT2D eigenvalue weighted by Crippen LogP contribution is 2.68. The van der Waals surface area contributed by atoms with Crippen LogP contribution in [0, 0.1) is 22.7 Å². The van der Waals surface area contributed by atoms with Crippen LogP contribution in [0.4, 0.5) is 0 Å². The van der Waals surface area contributed by atoms with Crippen LogP contribution in [-0.2, 0) is 4.79 Å². The third kappa shape index (κ3) is 2.61. The SMILES string of the molecule is CC(C)N(CC1CCCNC1)C(=O)C1C(C)(C)C1(C)C. The predicted octanol–water partition coefficient (Wildman–Crippen LogP) is 2.91. The van der Waals surface area contributed by atoms with Crippen molar-refractivity contribution in [3.8, 4) is 0 Å². The van der Waals surface area contributed by atoms with Crippen LogP contribution in [0.25, 0.3) is 0 Å². The highest BCUT2D eigenvalue weighted by Gasteiger charge is 2.68. The third-order valence-corrected chi connectivity index (χ3v) is 6.03. The minimum absolute atomic E-state index is 0.141. The number of carbonyl (C=O) groups excluding carboxylic acids is 1. The van der Waals surface area contributed by atoms with E-state index in [0.717, 1.165) is 19.6 Å². The minimum atomic E-state index is 0.141. The van der Waals surface area contributed by atoms with Gasteiger partial charge in [-0.2, -0.15) is 0 Å². The first-order chi connectivity index (χ1) is 9.19. The Balaban J connectivity index is 2.04. The zero-order valence-electron chi connectivity index (χ0n) is 14.1. The molecule has 0 aromatic heterocycles. The lowest BCUT2D eigenvalue weighted by molar-refractivity contribution is -0.136. The van der Waals surface area contributed by atoms with Crippen LogP contribution in [-0.4, -0.2) is 36.5 Å². The molecule has 1 atom stereocenters. The summed E-state index contributed by atoms with van der Waals surface area (Å²) < 4.78 is 0. The largest absolute Gasteiger partial charge is 0.340 e. The van der Waals surface area contributed by atoms with Crippen molar-refractivity contribution >= 4 is 5.91 Å². The normalized spacial score (nSPS) is 28.4. The number of hydrogen-bond acceptors (Lipinski definition) is 2. The lowest BCUT2D eigenvalue weighted by atomic mass is 9.98. The molecule has 1 N–H and O–H groups in total. The van der Waals surface area contributed by atoms with Gasteiger partial charge in [-0.05, 0) is 56.5 Å². The summed E-state index contributed by atoms with van der Waals surface area (Å²) in [7, 11) is 0. The van der Waals surface area contributed by atoms with E-state index in [1.165, 1.54) is 12.8 Å². The van der Waals surface area contributed by atoms with Gasteiger partial charge < -0.3 is 10.2 Å². The van der Waals surface area contributed by atoms with Gasteiger partial charge in [0, 0.05) is 18.5 Å². The van der Waals surface area contributed by atoms with E-state index in [9.17, 15) is 4.79 Å². The van der Waals surface area contributed by atoms with Gasteiger partial charge in [0.25, 0.3) is 0 Å². The van der Waals surface area contributed by atoms with Gasteiger partial charge in [0.15, 0.2) is 0 Å². The van der Waals surface area contributed by atoms with Gasteiger partial charge in [-0.15, -0.1) is 0 Å². The number of carbonyl (C=O) groups is 1. The van der Waals surface area contributed by atoms with Gasteiger partial charge in [0.2, 0.25) is 5.91 Å². The molecule has 0 radical (unpaired) electrons. The quantitative estimate of drug-likeness (QED) is 0.859. The summed E-state index contributed by atoms with van der Waals surface area (Å²) in [4.78, 5) is 15.1. The summed E-state index contributed by atoms with van der Waals surface area (Å²) >= 11 is 0. The Morgan fingerprint density at radius 1 is 1.25 bits per heavy atom. The highest BCUT2D eigenvalue weighted by atomic mass is 16.2. The van der Waals surface area contributed by atoms with E-state index in [1.54, 1.807) is 0 Å². The van der Waals surface area contributed by atoms with Gasteiger partial charge in [-0.25, -0.2) is 0 Å². The standard InChI is InChI=1S/C17H32N2O/c1-12(2)19(11-13-8-7-9-18-10-13)15(20)14-16(3,4)17(14,5)6/h12-14,18H,7-11H2,1-6H3. The molecular formula is C17H32N2O. The van der Waals surface area contributed by atoms with E-state index in [2.05, 4.69) is 51.8 Å². The molecule has 0 spiro atoms. The predicted molar refractivity (Wildman–Crippen MR) is 83.5 cm³/mol. The molecule has 20 heavy (non-hydrogen) atoms. The minimum Gasteiger partial charge on any atom is -0.340 e. The second-order valence-corrected chi connectivity index (χ2v) is 8.17. The molecule has 1 aliphatic carbocycles. The molecule has 1 unspecified atom stereocenters. The molecular weight excluding hydrogens is 248 g/mol. The lowest BCUT2D eigenvalue weighted by Crippen LogP contribution is -2.45.